The molecule has 1 aromatic heterocycles. The minimum absolute atomic E-state index is 0.601. The normalized spacial score (nSPS) is 10.7. The zero-order valence-electron chi connectivity index (χ0n) is 9.51. The van der Waals surface area contributed by atoms with Crippen LogP contribution in [0, 0.1) is 0 Å². The molecule has 0 radical (unpaired) electrons. The van der Waals surface area contributed by atoms with Gasteiger partial charge in [0.15, 0.2) is 6.29 Å². The van der Waals surface area contributed by atoms with Gasteiger partial charge in [0.2, 0.25) is 0 Å². The van der Waals surface area contributed by atoms with Crippen LogP contribution in [0.1, 0.15) is 10.4 Å². The number of fused-ring (bicyclic) bond motifs is 1. The Balaban J connectivity index is 2.38. The Morgan fingerprint density at radius 2 is 1.78 bits per heavy atom. The molecule has 0 saturated heterocycles. The largest absolute Gasteiger partial charge is 0.316 e. The molecule has 0 unspecified atom stereocenters. The topological polar surface area (TPSA) is 22.0 Å². The molecule has 0 aliphatic carbocycles. The lowest BCUT2D eigenvalue weighted by Crippen LogP contribution is -1.90. The summed E-state index contributed by atoms with van der Waals surface area (Å²) in [4.78, 5) is 11.1. The number of rotatable bonds is 2. The molecule has 3 aromatic rings. The summed E-state index contributed by atoms with van der Waals surface area (Å²) in [6.45, 7) is 0. The van der Waals surface area contributed by atoms with Crippen LogP contribution in [0.15, 0.2) is 54.7 Å². The van der Waals surface area contributed by atoms with Crippen LogP contribution in [0.2, 0.25) is 5.02 Å². The van der Waals surface area contributed by atoms with Gasteiger partial charge >= 0.3 is 0 Å². The van der Waals surface area contributed by atoms with Crippen molar-refractivity contribution >= 4 is 28.8 Å². The predicted octanol–water partition coefficient (Wildman–Crippen LogP) is 4.10. The van der Waals surface area contributed by atoms with Crippen LogP contribution in [0.25, 0.3) is 16.6 Å². The fourth-order valence-electron chi connectivity index (χ4n) is 2.16. The van der Waals surface area contributed by atoms with Crippen LogP contribution in [0.5, 0.6) is 0 Å². The molecule has 3 rings (SSSR count). The summed E-state index contributed by atoms with van der Waals surface area (Å²) in [7, 11) is 0. The van der Waals surface area contributed by atoms with Crippen molar-refractivity contribution < 1.29 is 4.79 Å². The molecule has 88 valence electrons. The lowest BCUT2D eigenvalue weighted by Gasteiger charge is -2.04. The first-order valence-electron chi connectivity index (χ1n) is 5.61. The fraction of sp³-hybridized carbons (Fsp3) is 0. The minimum Gasteiger partial charge on any atom is -0.316 e. The van der Waals surface area contributed by atoms with E-state index in [2.05, 4.69) is 0 Å². The van der Waals surface area contributed by atoms with E-state index < -0.39 is 0 Å². The molecule has 0 spiro atoms. The van der Waals surface area contributed by atoms with E-state index in [9.17, 15) is 4.79 Å². The number of aromatic nitrogens is 1. The van der Waals surface area contributed by atoms with Crippen molar-refractivity contribution in [3.8, 4) is 5.69 Å². The number of carbonyl (C=O) groups excluding carboxylic acids is 1. The third kappa shape index (κ3) is 1.62. The SMILES string of the molecule is O=Cc1cn(-c2ccccc2)c2cccc(Cl)c12. The van der Waals surface area contributed by atoms with E-state index in [0.29, 0.717) is 10.6 Å². The van der Waals surface area contributed by atoms with Gasteiger partial charge in [-0.05, 0) is 24.3 Å². The Labute approximate surface area is 109 Å². The van der Waals surface area contributed by atoms with Crippen molar-refractivity contribution in [1.82, 2.24) is 4.57 Å². The van der Waals surface area contributed by atoms with Gasteiger partial charge in [-0.2, -0.15) is 0 Å². The van der Waals surface area contributed by atoms with Crippen molar-refractivity contribution in [1.29, 1.82) is 0 Å². The Bertz CT molecular complexity index is 716. The van der Waals surface area contributed by atoms with E-state index in [1.54, 1.807) is 6.07 Å². The van der Waals surface area contributed by atoms with Gasteiger partial charge in [-0.15, -0.1) is 0 Å². The average Bonchev–Trinajstić information content (AvgIpc) is 2.80. The molecule has 3 heteroatoms. The second-order valence-corrected chi connectivity index (χ2v) is 4.45. The highest BCUT2D eigenvalue weighted by molar-refractivity contribution is 6.36. The van der Waals surface area contributed by atoms with E-state index in [1.807, 2.05) is 53.2 Å². The molecule has 1 heterocycles. The number of halogens is 1. The Hall–Kier alpha value is -2.06. The number of hydrogen-bond donors (Lipinski definition) is 0. The average molecular weight is 256 g/mol. The lowest BCUT2D eigenvalue weighted by molar-refractivity contribution is 0.112. The third-order valence-electron chi connectivity index (χ3n) is 2.97. The zero-order valence-corrected chi connectivity index (χ0v) is 10.3. The summed E-state index contributed by atoms with van der Waals surface area (Å²) >= 11 is 6.17. The number of hydrogen-bond acceptors (Lipinski definition) is 1. The second-order valence-electron chi connectivity index (χ2n) is 4.04. The smallest absolute Gasteiger partial charge is 0.152 e. The maximum Gasteiger partial charge on any atom is 0.152 e. The molecule has 2 aromatic carbocycles. The molecular formula is C15H10ClNO. The molecule has 0 amide bonds. The van der Waals surface area contributed by atoms with Gasteiger partial charge in [-0.25, -0.2) is 0 Å². The highest BCUT2D eigenvalue weighted by Gasteiger charge is 2.11. The molecular weight excluding hydrogens is 246 g/mol. The standard InChI is InChI=1S/C15H10ClNO/c16-13-7-4-8-14-15(13)11(10-18)9-17(14)12-5-2-1-3-6-12/h1-10H. The predicted molar refractivity (Wildman–Crippen MR) is 73.7 cm³/mol. The van der Waals surface area contributed by atoms with Crippen LogP contribution in [0.4, 0.5) is 0 Å². The highest BCUT2D eigenvalue weighted by Crippen LogP contribution is 2.29. The first-order chi connectivity index (χ1) is 8.81. The van der Waals surface area contributed by atoms with Gasteiger partial charge in [0.25, 0.3) is 0 Å². The second kappa shape index (κ2) is 4.31. The maximum absolute atomic E-state index is 11.1. The number of carbonyl (C=O) groups is 1. The van der Waals surface area contributed by atoms with Crippen molar-refractivity contribution in [2.45, 2.75) is 0 Å². The lowest BCUT2D eigenvalue weighted by atomic mass is 10.2. The quantitative estimate of drug-likeness (QED) is 0.632. The third-order valence-corrected chi connectivity index (χ3v) is 3.28. The monoisotopic (exact) mass is 255 g/mol. The molecule has 2 nitrogen and oxygen atoms in total. The van der Waals surface area contributed by atoms with Gasteiger partial charge < -0.3 is 4.57 Å². The summed E-state index contributed by atoms with van der Waals surface area (Å²) in [5.41, 5.74) is 2.56. The first kappa shape index (κ1) is 11.1. The van der Waals surface area contributed by atoms with Gasteiger partial charge in [-0.3, -0.25) is 4.79 Å². The molecule has 0 atom stereocenters. The van der Waals surface area contributed by atoms with Crippen molar-refractivity contribution in [3.05, 3.63) is 65.3 Å². The Morgan fingerprint density at radius 1 is 1.00 bits per heavy atom. The molecule has 0 fully saturated rings. The fourth-order valence-corrected chi connectivity index (χ4v) is 2.44. The van der Waals surface area contributed by atoms with Crippen LogP contribution >= 0.6 is 11.6 Å². The van der Waals surface area contributed by atoms with Crippen LogP contribution < -0.4 is 0 Å². The van der Waals surface area contributed by atoms with E-state index in [0.717, 1.165) is 22.9 Å². The molecule has 0 aliphatic heterocycles. The zero-order chi connectivity index (χ0) is 12.5. The molecule has 0 N–H and O–H groups in total. The van der Waals surface area contributed by atoms with Crippen molar-refractivity contribution in [3.63, 3.8) is 0 Å². The summed E-state index contributed by atoms with van der Waals surface area (Å²) in [5, 5.41) is 1.40. The van der Waals surface area contributed by atoms with Gasteiger partial charge in [-0.1, -0.05) is 35.9 Å². The van der Waals surface area contributed by atoms with Crippen LogP contribution in [0.3, 0.4) is 0 Å². The number of aldehydes is 1. The summed E-state index contributed by atoms with van der Waals surface area (Å²) in [6, 6.07) is 15.5. The van der Waals surface area contributed by atoms with E-state index in [-0.39, 0.29) is 0 Å². The molecule has 0 aliphatic rings. The Kier molecular flexibility index (Phi) is 2.65. The van der Waals surface area contributed by atoms with Crippen LogP contribution in [-0.4, -0.2) is 10.9 Å². The van der Waals surface area contributed by atoms with Gasteiger partial charge in [0, 0.05) is 22.8 Å². The minimum atomic E-state index is 0.601. The molecule has 18 heavy (non-hydrogen) atoms. The van der Waals surface area contributed by atoms with E-state index >= 15 is 0 Å². The van der Waals surface area contributed by atoms with Crippen molar-refractivity contribution in [2.24, 2.45) is 0 Å². The number of para-hydroxylation sites is 1. The summed E-state index contributed by atoms with van der Waals surface area (Å²) < 4.78 is 1.98. The molecule has 0 saturated carbocycles. The van der Waals surface area contributed by atoms with Crippen molar-refractivity contribution in [2.75, 3.05) is 0 Å². The highest BCUT2D eigenvalue weighted by atomic mass is 35.5. The Morgan fingerprint density at radius 3 is 2.50 bits per heavy atom. The summed E-state index contributed by atoms with van der Waals surface area (Å²) in [6.07, 6.45) is 2.66. The number of benzene rings is 2. The molecule has 0 bridgehead atoms. The van der Waals surface area contributed by atoms with Gasteiger partial charge in [0.1, 0.15) is 0 Å². The van der Waals surface area contributed by atoms with Crippen LogP contribution in [-0.2, 0) is 0 Å². The number of nitrogens with zero attached hydrogens (tertiary/aromatic N) is 1. The summed E-state index contributed by atoms with van der Waals surface area (Å²) in [5.74, 6) is 0. The first-order valence-corrected chi connectivity index (χ1v) is 5.99. The maximum atomic E-state index is 11.1. The van der Waals surface area contributed by atoms with E-state index in [1.165, 1.54) is 0 Å². The van der Waals surface area contributed by atoms with E-state index in [4.69, 9.17) is 11.6 Å². The van der Waals surface area contributed by atoms with Gasteiger partial charge in [0.05, 0.1) is 10.5 Å².